The van der Waals surface area contributed by atoms with E-state index in [0.29, 0.717) is 18.5 Å². The summed E-state index contributed by atoms with van der Waals surface area (Å²) in [6.07, 6.45) is 5.73. The highest BCUT2D eigenvalue weighted by atomic mass is 16.4. The van der Waals surface area contributed by atoms with Crippen molar-refractivity contribution in [2.45, 2.75) is 37.6 Å². The molecule has 0 aliphatic heterocycles. The quantitative estimate of drug-likeness (QED) is 0.793. The molecule has 1 heterocycles. The second-order valence-corrected chi connectivity index (χ2v) is 4.66. The molecule has 15 heavy (non-hydrogen) atoms. The Balaban J connectivity index is 1.80. The van der Waals surface area contributed by atoms with Crippen LogP contribution in [0, 0.1) is 5.92 Å². The molecular formula is C10H13N3O2. The van der Waals surface area contributed by atoms with Crippen molar-refractivity contribution in [3.05, 3.63) is 11.9 Å². The summed E-state index contributed by atoms with van der Waals surface area (Å²) in [4.78, 5) is 11.1. The molecule has 1 aromatic heterocycles. The number of carboxylic acid groups (broad SMARTS) is 1. The van der Waals surface area contributed by atoms with Gasteiger partial charge in [-0.25, -0.2) is 0 Å². The van der Waals surface area contributed by atoms with E-state index in [0.717, 1.165) is 12.5 Å². The van der Waals surface area contributed by atoms with Crippen LogP contribution in [0.25, 0.3) is 0 Å². The lowest BCUT2D eigenvalue weighted by Crippen LogP contribution is -2.19. The van der Waals surface area contributed by atoms with Crippen molar-refractivity contribution >= 4 is 5.97 Å². The second kappa shape index (κ2) is 2.81. The van der Waals surface area contributed by atoms with E-state index in [-0.39, 0.29) is 0 Å². The van der Waals surface area contributed by atoms with Gasteiger partial charge in [0.05, 0.1) is 5.69 Å². The number of hydrogen-bond acceptors (Lipinski definition) is 3. The van der Waals surface area contributed by atoms with E-state index >= 15 is 0 Å². The second-order valence-electron chi connectivity index (χ2n) is 4.66. The zero-order valence-corrected chi connectivity index (χ0v) is 8.39. The van der Waals surface area contributed by atoms with Crippen LogP contribution in [0.15, 0.2) is 6.20 Å². The van der Waals surface area contributed by atoms with E-state index in [2.05, 4.69) is 10.3 Å². The largest absolute Gasteiger partial charge is 0.481 e. The predicted molar refractivity (Wildman–Crippen MR) is 51.3 cm³/mol. The van der Waals surface area contributed by atoms with Crippen LogP contribution in [-0.4, -0.2) is 26.1 Å². The summed E-state index contributed by atoms with van der Waals surface area (Å²) in [5.41, 5.74) is -0.0717. The number of rotatable bonds is 4. The normalized spacial score (nSPS) is 22.7. The summed E-state index contributed by atoms with van der Waals surface area (Å²) in [5.74, 6) is -0.0273. The van der Waals surface area contributed by atoms with Gasteiger partial charge in [-0.15, -0.1) is 5.10 Å². The zero-order chi connectivity index (χ0) is 10.5. The number of nitrogens with zero attached hydrogens (tertiary/aromatic N) is 3. The minimum Gasteiger partial charge on any atom is -0.481 e. The summed E-state index contributed by atoms with van der Waals surface area (Å²) in [6, 6.07) is 0. The third kappa shape index (κ3) is 1.42. The molecule has 0 radical (unpaired) electrons. The van der Waals surface area contributed by atoms with E-state index in [1.807, 2.05) is 0 Å². The van der Waals surface area contributed by atoms with Crippen LogP contribution in [0.5, 0.6) is 0 Å². The SMILES string of the molecule is O=C(O)C1(c2cn(CC3CC3)nn2)CC1. The van der Waals surface area contributed by atoms with E-state index in [1.165, 1.54) is 12.8 Å². The maximum atomic E-state index is 11.1. The van der Waals surface area contributed by atoms with Crippen LogP contribution in [0.1, 0.15) is 31.4 Å². The Bertz CT molecular complexity index is 405. The predicted octanol–water partition coefficient (Wildman–Crippen LogP) is 0.804. The highest BCUT2D eigenvalue weighted by molar-refractivity contribution is 5.84. The fraction of sp³-hybridized carbons (Fsp3) is 0.700. The molecule has 0 spiro atoms. The Kier molecular flexibility index (Phi) is 1.66. The maximum Gasteiger partial charge on any atom is 0.315 e. The van der Waals surface area contributed by atoms with Crippen LogP contribution >= 0.6 is 0 Å². The molecule has 2 aliphatic carbocycles. The van der Waals surface area contributed by atoms with Crippen molar-refractivity contribution in [1.82, 2.24) is 15.0 Å². The van der Waals surface area contributed by atoms with Crippen molar-refractivity contribution in [2.75, 3.05) is 0 Å². The highest BCUT2D eigenvalue weighted by Crippen LogP contribution is 2.47. The van der Waals surface area contributed by atoms with Crippen molar-refractivity contribution < 1.29 is 9.90 Å². The lowest BCUT2D eigenvalue weighted by molar-refractivity contribution is -0.140. The molecule has 0 bridgehead atoms. The smallest absolute Gasteiger partial charge is 0.315 e. The topological polar surface area (TPSA) is 68.0 Å². The van der Waals surface area contributed by atoms with Gasteiger partial charge < -0.3 is 5.11 Å². The first-order valence-electron chi connectivity index (χ1n) is 5.35. The van der Waals surface area contributed by atoms with Crippen LogP contribution in [0.3, 0.4) is 0 Å². The van der Waals surface area contributed by atoms with E-state index in [9.17, 15) is 4.79 Å². The number of aromatic nitrogens is 3. The first kappa shape index (κ1) is 8.88. The van der Waals surface area contributed by atoms with Gasteiger partial charge in [0.1, 0.15) is 5.41 Å². The molecule has 1 N–H and O–H groups in total. The lowest BCUT2D eigenvalue weighted by atomic mass is 10.0. The van der Waals surface area contributed by atoms with Gasteiger partial charge in [0.15, 0.2) is 0 Å². The van der Waals surface area contributed by atoms with Gasteiger partial charge in [-0.1, -0.05) is 5.21 Å². The summed E-state index contributed by atoms with van der Waals surface area (Å²) >= 11 is 0. The molecule has 5 nitrogen and oxygen atoms in total. The van der Waals surface area contributed by atoms with Gasteiger partial charge in [0.2, 0.25) is 0 Å². The Labute approximate surface area is 87.1 Å². The van der Waals surface area contributed by atoms with Gasteiger partial charge in [0.25, 0.3) is 0 Å². The van der Waals surface area contributed by atoms with Gasteiger partial charge in [0, 0.05) is 12.7 Å². The Morgan fingerprint density at radius 3 is 2.87 bits per heavy atom. The molecule has 5 heteroatoms. The monoisotopic (exact) mass is 207 g/mol. The van der Waals surface area contributed by atoms with Crippen LogP contribution in [0.4, 0.5) is 0 Å². The third-order valence-corrected chi connectivity index (χ3v) is 3.33. The summed E-state index contributed by atoms with van der Waals surface area (Å²) in [7, 11) is 0. The molecule has 0 aromatic carbocycles. The fourth-order valence-corrected chi connectivity index (χ4v) is 1.88. The summed E-state index contributed by atoms with van der Waals surface area (Å²) in [6.45, 7) is 0.892. The maximum absolute atomic E-state index is 11.1. The molecule has 0 saturated heterocycles. The van der Waals surface area contributed by atoms with Crippen molar-refractivity contribution in [3.8, 4) is 0 Å². The fourth-order valence-electron chi connectivity index (χ4n) is 1.88. The molecule has 3 rings (SSSR count). The zero-order valence-electron chi connectivity index (χ0n) is 8.39. The number of hydrogen-bond donors (Lipinski definition) is 1. The standard InChI is InChI=1S/C10H13N3O2/c14-9(15)10(3-4-10)8-6-13(12-11-8)5-7-1-2-7/h6-7H,1-5H2,(H,14,15). The van der Waals surface area contributed by atoms with Crippen LogP contribution < -0.4 is 0 Å². The van der Waals surface area contributed by atoms with Gasteiger partial charge in [-0.05, 0) is 31.6 Å². The molecule has 2 saturated carbocycles. The Morgan fingerprint density at radius 1 is 1.60 bits per heavy atom. The van der Waals surface area contributed by atoms with Crippen molar-refractivity contribution in [2.24, 2.45) is 5.92 Å². The molecule has 2 aliphatic rings. The lowest BCUT2D eigenvalue weighted by Gasteiger charge is -2.03. The van der Waals surface area contributed by atoms with E-state index < -0.39 is 11.4 Å². The minimum atomic E-state index is -0.763. The molecule has 2 fully saturated rings. The Morgan fingerprint density at radius 2 is 2.33 bits per heavy atom. The van der Waals surface area contributed by atoms with Gasteiger partial charge >= 0.3 is 5.97 Å². The average Bonchev–Trinajstić information content (AvgIpc) is 3.07. The summed E-state index contributed by atoms with van der Waals surface area (Å²) < 4.78 is 1.79. The van der Waals surface area contributed by atoms with E-state index in [4.69, 9.17) is 5.11 Å². The Hall–Kier alpha value is -1.39. The summed E-state index contributed by atoms with van der Waals surface area (Å²) in [5, 5.41) is 17.1. The van der Waals surface area contributed by atoms with Crippen molar-refractivity contribution in [1.29, 1.82) is 0 Å². The number of carbonyl (C=O) groups is 1. The molecule has 0 atom stereocenters. The van der Waals surface area contributed by atoms with Crippen LogP contribution in [-0.2, 0) is 16.8 Å². The molecular weight excluding hydrogens is 194 g/mol. The molecule has 0 amide bonds. The number of aliphatic carboxylic acids is 1. The molecule has 80 valence electrons. The minimum absolute atomic E-state index is 0.635. The average molecular weight is 207 g/mol. The number of carboxylic acids is 1. The van der Waals surface area contributed by atoms with Gasteiger partial charge in [-0.2, -0.15) is 0 Å². The van der Waals surface area contributed by atoms with Crippen LogP contribution in [0.2, 0.25) is 0 Å². The third-order valence-electron chi connectivity index (χ3n) is 3.33. The van der Waals surface area contributed by atoms with E-state index in [1.54, 1.807) is 10.9 Å². The highest BCUT2D eigenvalue weighted by Gasteiger charge is 2.54. The molecule has 1 aromatic rings. The van der Waals surface area contributed by atoms with Crippen molar-refractivity contribution in [3.63, 3.8) is 0 Å². The van der Waals surface area contributed by atoms with Gasteiger partial charge in [-0.3, -0.25) is 9.48 Å². The first-order chi connectivity index (χ1) is 7.21. The first-order valence-corrected chi connectivity index (χ1v) is 5.35. The molecule has 0 unspecified atom stereocenters.